The molecule has 5 aromatic rings. The molecule has 0 saturated heterocycles. The minimum atomic E-state index is -3.37. The third-order valence-electron chi connectivity index (χ3n) is 5.94. The van der Waals surface area contributed by atoms with Gasteiger partial charge in [-0.3, -0.25) is 9.55 Å². The van der Waals surface area contributed by atoms with E-state index < -0.39 is 13.3 Å². The van der Waals surface area contributed by atoms with E-state index in [2.05, 4.69) is 4.98 Å². The summed E-state index contributed by atoms with van der Waals surface area (Å²) in [5.41, 5.74) is 4.43. The molecule has 0 aliphatic carbocycles. The number of benzene rings is 2. The van der Waals surface area contributed by atoms with E-state index in [9.17, 15) is 14.5 Å². The van der Waals surface area contributed by atoms with Gasteiger partial charge < -0.3 is 14.0 Å². The summed E-state index contributed by atoms with van der Waals surface area (Å²) in [7, 11) is -1.99. The molecule has 0 spiro atoms. The zero-order valence-corrected chi connectivity index (χ0v) is 21.9. The lowest BCUT2D eigenvalue weighted by Gasteiger charge is -2.18. The lowest BCUT2D eigenvalue weighted by atomic mass is 10.1. The maximum Gasteiger partial charge on any atom is 0.346 e. The van der Waals surface area contributed by atoms with Crippen LogP contribution < -0.4 is 5.30 Å². The van der Waals surface area contributed by atoms with Gasteiger partial charge in [0.15, 0.2) is 5.58 Å². The number of hydrogen-bond donors (Lipinski definition) is 1. The maximum atomic E-state index is 13.8. The van der Waals surface area contributed by atoms with Crippen molar-refractivity contribution in [2.24, 2.45) is 0 Å². The van der Waals surface area contributed by atoms with Crippen molar-refractivity contribution in [2.75, 3.05) is 7.11 Å². The van der Waals surface area contributed by atoms with Crippen molar-refractivity contribution in [1.82, 2.24) is 4.98 Å². The molecule has 3 aromatic heterocycles. The van der Waals surface area contributed by atoms with Gasteiger partial charge in [-0.25, -0.2) is 4.79 Å². The minimum absolute atomic E-state index is 0.0336. The number of aryl methyl sites for hydroxylation is 1. The van der Waals surface area contributed by atoms with Crippen LogP contribution in [0, 0.1) is 6.92 Å². The molecule has 0 amide bonds. The number of hydrogen-bond acceptors (Lipinski definition) is 6. The molecule has 0 radical (unpaired) electrons. The van der Waals surface area contributed by atoms with Crippen LogP contribution in [0.3, 0.4) is 0 Å². The normalized spacial score (nSPS) is 13.1. The van der Waals surface area contributed by atoms with Gasteiger partial charge in [-0.15, -0.1) is 11.3 Å². The first-order valence-electron chi connectivity index (χ1n) is 11.0. The Hall–Kier alpha value is -3.22. The number of pyridine rings is 1. The van der Waals surface area contributed by atoms with Crippen LogP contribution in [0.5, 0.6) is 0 Å². The van der Waals surface area contributed by atoms with Gasteiger partial charge in [0.25, 0.3) is 0 Å². The molecule has 182 valence electrons. The van der Waals surface area contributed by atoms with Crippen molar-refractivity contribution in [3.05, 3.63) is 94.0 Å². The summed E-state index contributed by atoms with van der Waals surface area (Å²) in [6.07, 6.45) is 1.68. The number of carboxylic acid groups (broad SMARTS) is 1. The number of aromatic nitrogens is 1. The minimum Gasteiger partial charge on any atom is -0.477 e. The van der Waals surface area contributed by atoms with Crippen LogP contribution in [0.25, 0.3) is 32.9 Å². The SMILES string of the molecule is COP(=O)(Cc1cc(-c2ccc(-c3cc4ncccc4o3)cc2)sc1C(=O)O)c1ccc(Cl)cc1C. The molecule has 36 heavy (non-hydrogen) atoms. The lowest BCUT2D eigenvalue weighted by Crippen LogP contribution is -2.12. The quantitative estimate of drug-likeness (QED) is 0.215. The number of rotatable bonds is 7. The summed E-state index contributed by atoms with van der Waals surface area (Å²) in [5.74, 6) is -0.365. The van der Waals surface area contributed by atoms with E-state index in [-0.39, 0.29) is 11.0 Å². The van der Waals surface area contributed by atoms with Crippen LogP contribution in [0.1, 0.15) is 20.8 Å². The third-order valence-corrected chi connectivity index (χ3v) is 9.98. The Morgan fingerprint density at radius 1 is 1.11 bits per heavy atom. The predicted octanol–water partition coefficient (Wildman–Crippen LogP) is 7.63. The first-order valence-corrected chi connectivity index (χ1v) is 14.0. The molecule has 5 rings (SSSR count). The summed E-state index contributed by atoms with van der Waals surface area (Å²) in [5, 5.41) is 10.9. The Bertz CT molecular complexity index is 1610. The Labute approximate surface area is 216 Å². The van der Waals surface area contributed by atoms with Gasteiger partial charge in [0.1, 0.15) is 16.2 Å². The van der Waals surface area contributed by atoms with Crippen molar-refractivity contribution in [1.29, 1.82) is 0 Å². The number of nitrogens with zero attached hydrogens (tertiary/aromatic N) is 1. The number of fused-ring (bicyclic) bond motifs is 1. The maximum absolute atomic E-state index is 13.8. The Morgan fingerprint density at radius 2 is 1.86 bits per heavy atom. The molecule has 0 saturated carbocycles. The summed E-state index contributed by atoms with van der Waals surface area (Å²) in [6, 6.07) is 20.1. The molecule has 2 aromatic carbocycles. The van der Waals surface area contributed by atoms with E-state index >= 15 is 0 Å². The predicted molar refractivity (Wildman–Crippen MR) is 144 cm³/mol. The summed E-state index contributed by atoms with van der Waals surface area (Å²) >= 11 is 7.21. The smallest absolute Gasteiger partial charge is 0.346 e. The fourth-order valence-electron chi connectivity index (χ4n) is 4.15. The number of carboxylic acids is 1. The van der Waals surface area contributed by atoms with E-state index in [1.54, 1.807) is 30.5 Å². The van der Waals surface area contributed by atoms with Crippen molar-refractivity contribution in [3.8, 4) is 21.8 Å². The summed E-state index contributed by atoms with van der Waals surface area (Å²) < 4.78 is 25.2. The second-order valence-corrected chi connectivity index (χ2v) is 12.3. The molecule has 0 bridgehead atoms. The molecule has 0 aliphatic heterocycles. The summed E-state index contributed by atoms with van der Waals surface area (Å²) in [6.45, 7) is 1.81. The second kappa shape index (κ2) is 9.68. The monoisotopic (exact) mass is 537 g/mol. The van der Waals surface area contributed by atoms with Gasteiger partial charge >= 0.3 is 5.97 Å². The fraction of sp³-hybridized carbons (Fsp3) is 0.111. The van der Waals surface area contributed by atoms with Crippen LogP contribution >= 0.6 is 30.3 Å². The molecule has 1 N–H and O–H groups in total. The molecular formula is C27H21ClNO5PS. The number of aromatic carboxylic acids is 1. The molecule has 1 unspecified atom stereocenters. The first-order chi connectivity index (χ1) is 17.3. The topological polar surface area (TPSA) is 89.6 Å². The number of carbonyl (C=O) groups is 1. The highest BCUT2D eigenvalue weighted by atomic mass is 35.5. The third kappa shape index (κ3) is 4.63. The zero-order valence-electron chi connectivity index (χ0n) is 19.4. The van der Waals surface area contributed by atoms with Crippen molar-refractivity contribution in [3.63, 3.8) is 0 Å². The Morgan fingerprint density at radius 3 is 2.53 bits per heavy atom. The molecular weight excluding hydrogens is 517 g/mol. The molecule has 3 heterocycles. The number of halogens is 1. The first kappa shape index (κ1) is 24.5. The van der Waals surface area contributed by atoms with Crippen LogP contribution in [-0.2, 0) is 15.3 Å². The van der Waals surface area contributed by atoms with Gasteiger partial charge in [-0.1, -0.05) is 35.9 Å². The van der Waals surface area contributed by atoms with Gasteiger partial charge in [-0.05, 0) is 60.0 Å². The Kier molecular flexibility index (Phi) is 6.58. The van der Waals surface area contributed by atoms with E-state index in [0.29, 0.717) is 27.2 Å². The van der Waals surface area contributed by atoms with Gasteiger partial charge in [0, 0.05) is 40.1 Å². The van der Waals surface area contributed by atoms with E-state index in [0.717, 1.165) is 38.4 Å². The van der Waals surface area contributed by atoms with Crippen LogP contribution in [-0.4, -0.2) is 23.2 Å². The van der Waals surface area contributed by atoms with E-state index in [1.165, 1.54) is 7.11 Å². The number of thiophene rings is 1. The van der Waals surface area contributed by atoms with Gasteiger partial charge in [0.05, 0.1) is 6.16 Å². The largest absolute Gasteiger partial charge is 0.477 e. The molecule has 1 atom stereocenters. The number of furan rings is 1. The molecule has 9 heteroatoms. The molecule has 0 fully saturated rings. The highest BCUT2D eigenvalue weighted by molar-refractivity contribution is 7.66. The molecule has 0 aliphatic rings. The van der Waals surface area contributed by atoms with Crippen molar-refractivity contribution < 1.29 is 23.4 Å². The summed E-state index contributed by atoms with van der Waals surface area (Å²) in [4.78, 5) is 17.3. The highest BCUT2D eigenvalue weighted by Crippen LogP contribution is 2.51. The van der Waals surface area contributed by atoms with Gasteiger partial charge in [0.2, 0.25) is 7.37 Å². The second-order valence-electron chi connectivity index (χ2n) is 8.29. The van der Waals surface area contributed by atoms with Crippen LogP contribution in [0.15, 0.2) is 77.3 Å². The molecule has 6 nitrogen and oxygen atoms in total. The highest BCUT2D eigenvalue weighted by Gasteiger charge is 2.30. The van der Waals surface area contributed by atoms with Gasteiger partial charge in [-0.2, -0.15) is 0 Å². The van der Waals surface area contributed by atoms with E-state index in [1.807, 2.05) is 49.4 Å². The average Bonchev–Trinajstić information content (AvgIpc) is 3.48. The fourth-order valence-corrected chi connectivity index (χ4v) is 7.61. The van der Waals surface area contributed by atoms with Crippen molar-refractivity contribution in [2.45, 2.75) is 13.1 Å². The zero-order chi connectivity index (χ0) is 25.4. The standard InChI is InChI=1S/C27H21ClNO5PS/c1-16-12-20(28)9-10-24(16)35(32,33-2)15-19-13-25(36-26(19)27(30)31)18-7-5-17(6-8-18)23-14-21-22(34-23)4-3-11-29-21/h3-14H,15H2,1-2H3,(H,30,31). The average molecular weight is 538 g/mol. The van der Waals surface area contributed by atoms with Crippen LogP contribution in [0.2, 0.25) is 5.02 Å². The van der Waals surface area contributed by atoms with Crippen LogP contribution in [0.4, 0.5) is 0 Å². The van der Waals surface area contributed by atoms with Crippen molar-refractivity contribution >= 4 is 52.7 Å². The Balaban J connectivity index is 1.48. The lowest BCUT2D eigenvalue weighted by molar-refractivity contribution is 0.0701. The van der Waals surface area contributed by atoms with E-state index in [4.69, 9.17) is 20.5 Å².